The number of thiazole rings is 1. The molecule has 0 saturated heterocycles. The zero-order valence-electron chi connectivity index (χ0n) is 12.9. The monoisotopic (exact) mass is 326 g/mol. The summed E-state index contributed by atoms with van der Waals surface area (Å²) >= 11 is 1.48. The van der Waals surface area contributed by atoms with Crippen LogP contribution in [0.15, 0.2) is 42.2 Å². The molecule has 0 bridgehead atoms. The van der Waals surface area contributed by atoms with Gasteiger partial charge in [0.25, 0.3) is 0 Å². The van der Waals surface area contributed by atoms with Crippen molar-refractivity contribution in [2.45, 2.75) is 19.8 Å². The van der Waals surface area contributed by atoms with Gasteiger partial charge in [0, 0.05) is 17.3 Å². The topological polar surface area (TPSA) is 88.8 Å². The highest BCUT2D eigenvalue weighted by Crippen LogP contribution is 2.29. The van der Waals surface area contributed by atoms with Gasteiger partial charge in [-0.15, -0.1) is 11.3 Å². The van der Waals surface area contributed by atoms with Crippen molar-refractivity contribution in [1.82, 2.24) is 15.0 Å². The fourth-order valence-corrected chi connectivity index (χ4v) is 2.60. The molecule has 0 aliphatic heterocycles. The van der Waals surface area contributed by atoms with Gasteiger partial charge in [-0.3, -0.25) is 0 Å². The lowest BCUT2D eigenvalue weighted by Gasteiger charge is -2.12. The molecule has 4 N–H and O–H groups in total. The Morgan fingerprint density at radius 3 is 2.30 bits per heavy atom. The molecule has 1 aromatic carbocycles. The van der Waals surface area contributed by atoms with E-state index in [4.69, 9.17) is 5.73 Å². The van der Waals surface area contributed by atoms with Crippen LogP contribution in [0.2, 0.25) is 0 Å². The summed E-state index contributed by atoms with van der Waals surface area (Å²) in [7, 11) is 0. The summed E-state index contributed by atoms with van der Waals surface area (Å²) in [6, 6.07) is 8.23. The summed E-state index contributed by atoms with van der Waals surface area (Å²) in [5, 5.41) is 8.94. The Balaban J connectivity index is 1.80. The van der Waals surface area contributed by atoms with Crippen molar-refractivity contribution in [2.75, 3.05) is 16.4 Å². The fourth-order valence-electron chi connectivity index (χ4n) is 2.07. The summed E-state index contributed by atoms with van der Waals surface area (Å²) in [4.78, 5) is 12.6. The maximum atomic E-state index is 6.15. The molecule has 0 radical (unpaired) electrons. The summed E-state index contributed by atoms with van der Waals surface area (Å²) in [6.07, 6.45) is 3.19. The van der Waals surface area contributed by atoms with Crippen LogP contribution < -0.4 is 16.4 Å². The highest BCUT2D eigenvalue weighted by atomic mass is 32.1. The van der Waals surface area contributed by atoms with Crippen molar-refractivity contribution >= 4 is 39.5 Å². The molecule has 0 saturated carbocycles. The molecule has 0 aliphatic rings. The molecule has 3 aromatic rings. The number of nitrogens with two attached hydrogens (primary N) is 1. The predicted molar refractivity (Wildman–Crippen MR) is 95.7 cm³/mol. The summed E-state index contributed by atoms with van der Waals surface area (Å²) in [5.41, 5.74) is 8.83. The third-order valence-corrected chi connectivity index (χ3v) is 4.07. The van der Waals surface area contributed by atoms with Gasteiger partial charge < -0.3 is 16.4 Å². The minimum atomic E-state index is 0.454. The first-order valence-electron chi connectivity index (χ1n) is 7.27. The van der Waals surface area contributed by atoms with Crippen LogP contribution in [-0.4, -0.2) is 15.0 Å². The van der Waals surface area contributed by atoms with Crippen LogP contribution >= 0.6 is 11.3 Å². The molecule has 0 amide bonds. The smallest absolute Gasteiger partial charge is 0.188 e. The third kappa shape index (κ3) is 3.57. The molecule has 2 aromatic heterocycles. The van der Waals surface area contributed by atoms with Crippen molar-refractivity contribution in [3.05, 3.63) is 47.7 Å². The van der Waals surface area contributed by atoms with Gasteiger partial charge in [-0.1, -0.05) is 26.0 Å². The number of anilines is 5. The zero-order valence-corrected chi connectivity index (χ0v) is 13.8. The average Bonchev–Trinajstić information content (AvgIpc) is 3.05. The van der Waals surface area contributed by atoms with Crippen LogP contribution in [0.3, 0.4) is 0 Å². The summed E-state index contributed by atoms with van der Waals surface area (Å²) in [6.45, 7) is 4.34. The van der Waals surface area contributed by atoms with Gasteiger partial charge in [-0.25, -0.2) is 15.0 Å². The maximum absolute atomic E-state index is 6.15. The lowest BCUT2D eigenvalue weighted by atomic mass is 10.0. The second-order valence-corrected chi connectivity index (χ2v) is 6.24. The molecule has 0 spiro atoms. The molecule has 3 rings (SSSR count). The van der Waals surface area contributed by atoms with Crippen molar-refractivity contribution in [1.29, 1.82) is 0 Å². The maximum Gasteiger partial charge on any atom is 0.188 e. The molecule has 23 heavy (non-hydrogen) atoms. The highest BCUT2D eigenvalue weighted by molar-refractivity contribution is 7.13. The largest absolute Gasteiger partial charge is 0.393 e. The lowest BCUT2D eigenvalue weighted by Crippen LogP contribution is -2.05. The molecule has 6 nitrogen and oxygen atoms in total. The molecule has 118 valence electrons. The van der Waals surface area contributed by atoms with Crippen LogP contribution in [0.1, 0.15) is 25.3 Å². The van der Waals surface area contributed by atoms with Gasteiger partial charge in [0.1, 0.15) is 12.0 Å². The van der Waals surface area contributed by atoms with Crippen LogP contribution in [0.25, 0.3) is 0 Å². The molecular weight excluding hydrogens is 308 g/mol. The molecule has 0 aliphatic carbocycles. The number of aromatic nitrogens is 3. The van der Waals surface area contributed by atoms with Crippen molar-refractivity contribution in [3.63, 3.8) is 0 Å². The van der Waals surface area contributed by atoms with Gasteiger partial charge in [0.2, 0.25) is 0 Å². The van der Waals surface area contributed by atoms with E-state index in [2.05, 4.69) is 51.6 Å². The van der Waals surface area contributed by atoms with E-state index >= 15 is 0 Å². The molecule has 0 unspecified atom stereocenters. The van der Waals surface area contributed by atoms with Crippen LogP contribution in [0.4, 0.5) is 28.1 Å². The number of rotatable bonds is 5. The fraction of sp³-hybridized carbons (Fsp3) is 0.188. The Kier molecular flexibility index (Phi) is 4.38. The van der Waals surface area contributed by atoms with Gasteiger partial charge >= 0.3 is 0 Å². The molecular formula is C16H18N6S. The SMILES string of the molecule is CC(C)c1ccc(Nc2ncnc(Nc3nccs3)c2N)cc1. The Morgan fingerprint density at radius 2 is 1.70 bits per heavy atom. The molecule has 7 heteroatoms. The van der Waals surface area contributed by atoms with Crippen molar-refractivity contribution in [2.24, 2.45) is 0 Å². The second kappa shape index (κ2) is 6.62. The molecule has 0 fully saturated rings. The first-order valence-corrected chi connectivity index (χ1v) is 8.15. The number of hydrogen-bond acceptors (Lipinski definition) is 7. The summed E-state index contributed by atoms with van der Waals surface area (Å²) < 4.78 is 0. The first kappa shape index (κ1) is 15.2. The summed E-state index contributed by atoms with van der Waals surface area (Å²) in [5.74, 6) is 1.61. The van der Waals surface area contributed by atoms with Crippen LogP contribution in [-0.2, 0) is 0 Å². The van der Waals surface area contributed by atoms with Gasteiger partial charge in [-0.2, -0.15) is 0 Å². The van der Waals surface area contributed by atoms with Gasteiger partial charge in [-0.05, 0) is 23.6 Å². The predicted octanol–water partition coefficient (Wildman–Crippen LogP) is 4.13. The minimum absolute atomic E-state index is 0.454. The lowest BCUT2D eigenvalue weighted by molar-refractivity contribution is 0.867. The zero-order chi connectivity index (χ0) is 16.2. The second-order valence-electron chi connectivity index (χ2n) is 5.35. The van der Waals surface area contributed by atoms with Gasteiger partial charge in [0.05, 0.1) is 0 Å². The third-order valence-electron chi connectivity index (χ3n) is 3.38. The number of nitrogens with zero attached hydrogens (tertiary/aromatic N) is 3. The van der Waals surface area contributed by atoms with E-state index in [1.807, 2.05) is 17.5 Å². The Labute approximate surface area is 138 Å². The van der Waals surface area contributed by atoms with E-state index in [0.29, 0.717) is 23.2 Å². The number of nitrogens with one attached hydrogen (secondary N) is 2. The quantitative estimate of drug-likeness (QED) is 0.653. The minimum Gasteiger partial charge on any atom is -0.393 e. The molecule has 0 atom stereocenters. The van der Waals surface area contributed by atoms with E-state index in [0.717, 1.165) is 10.8 Å². The van der Waals surface area contributed by atoms with E-state index in [1.54, 1.807) is 6.20 Å². The normalized spacial score (nSPS) is 10.7. The van der Waals surface area contributed by atoms with Crippen molar-refractivity contribution < 1.29 is 0 Å². The van der Waals surface area contributed by atoms with Crippen LogP contribution in [0.5, 0.6) is 0 Å². The first-order chi connectivity index (χ1) is 11.1. The average molecular weight is 326 g/mol. The van der Waals surface area contributed by atoms with E-state index < -0.39 is 0 Å². The van der Waals surface area contributed by atoms with Crippen molar-refractivity contribution in [3.8, 4) is 0 Å². The number of hydrogen-bond donors (Lipinski definition) is 3. The Bertz CT molecular complexity index is 768. The highest BCUT2D eigenvalue weighted by Gasteiger charge is 2.10. The van der Waals surface area contributed by atoms with E-state index in [-0.39, 0.29) is 0 Å². The van der Waals surface area contributed by atoms with E-state index in [9.17, 15) is 0 Å². The number of benzene rings is 1. The molecule has 2 heterocycles. The van der Waals surface area contributed by atoms with Gasteiger partial charge in [0.15, 0.2) is 16.8 Å². The Morgan fingerprint density at radius 1 is 1.00 bits per heavy atom. The standard InChI is InChI=1S/C16H18N6S/c1-10(2)11-3-5-12(6-4-11)21-14-13(17)15(20-9-19-14)22-16-18-7-8-23-16/h3-10H,17H2,1-2H3,(H2,18,19,20,21,22). The van der Waals surface area contributed by atoms with Crippen LogP contribution in [0, 0.1) is 0 Å². The van der Waals surface area contributed by atoms with E-state index in [1.165, 1.54) is 23.2 Å². The Hall–Kier alpha value is -2.67. The number of nitrogen functional groups attached to an aromatic ring is 1.